The van der Waals surface area contributed by atoms with Crippen molar-refractivity contribution < 1.29 is 0 Å². The molecule has 0 amide bonds. The van der Waals surface area contributed by atoms with Crippen LogP contribution in [0.2, 0.25) is 0 Å². The summed E-state index contributed by atoms with van der Waals surface area (Å²) in [5.41, 5.74) is 3.92. The number of hydrogen-bond donors (Lipinski definition) is 0. The van der Waals surface area contributed by atoms with Gasteiger partial charge in [0.1, 0.15) is 0 Å². The third kappa shape index (κ3) is 5.41. The highest BCUT2D eigenvalue weighted by atomic mass is 14.0. The lowest BCUT2D eigenvalue weighted by atomic mass is 10.1. The molecule has 0 spiro atoms. The second-order valence-corrected chi connectivity index (χ2v) is 3.39. The molecule has 1 aromatic carbocycles. The van der Waals surface area contributed by atoms with Crippen LogP contribution in [0.4, 0.5) is 0 Å². The number of allylic oxidation sites excluding steroid dienone is 1. The van der Waals surface area contributed by atoms with Crippen LogP contribution in [0.3, 0.4) is 0 Å². The van der Waals surface area contributed by atoms with E-state index in [9.17, 15) is 0 Å². The van der Waals surface area contributed by atoms with Gasteiger partial charge in [0.25, 0.3) is 0 Å². The van der Waals surface area contributed by atoms with Crippen LogP contribution in [0.25, 0.3) is 6.08 Å². The van der Waals surface area contributed by atoms with Gasteiger partial charge in [0.05, 0.1) is 0 Å². The topological polar surface area (TPSA) is 0 Å². The first kappa shape index (κ1) is 14.5. The van der Waals surface area contributed by atoms with Crippen molar-refractivity contribution >= 4 is 6.08 Å². The van der Waals surface area contributed by atoms with Gasteiger partial charge in [-0.1, -0.05) is 55.7 Å². The van der Waals surface area contributed by atoms with Crippen molar-refractivity contribution in [3.05, 3.63) is 41.0 Å². The SMILES string of the molecule is CC.CC#CC/C=C\c1ccc(C)cc1C. The lowest BCUT2D eigenvalue weighted by Crippen LogP contribution is -1.81. The summed E-state index contributed by atoms with van der Waals surface area (Å²) in [6, 6.07) is 6.49. The molecule has 0 unspecified atom stereocenters. The molecule has 0 aliphatic rings. The van der Waals surface area contributed by atoms with Crippen molar-refractivity contribution in [2.75, 3.05) is 0 Å². The fourth-order valence-electron chi connectivity index (χ4n) is 1.36. The highest BCUT2D eigenvalue weighted by molar-refractivity contribution is 5.54. The molecule has 16 heavy (non-hydrogen) atoms. The minimum absolute atomic E-state index is 0.837. The lowest BCUT2D eigenvalue weighted by molar-refractivity contribution is 1.36. The van der Waals surface area contributed by atoms with Gasteiger partial charge in [-0.2, -0.15) is 0 Å². The second-order valence-electron chi connectivity index (χ2n) is 3.39. The van der Waals surface area contributed by atoms with E-state index in [0.29, 0.717) is 0 Å². The molecule has 0 aromatic heterocycles. The standard InChI is InChI=1S/C14H16.C2H6/c1-4-5-6-7-8-14-10-9-12(2)11-13(14)3;1-2/h7-11H,6H2,1-3H3;1-2H3/b8-7-;. The van der Waals surface area contributed by atoms with Crippen LogP contribution in [-0.4, -0.2) is 0 Å². The van der Waals surface area contributed by atoms with Gasteiger partial charge in [-0.25, -0.2) is 0 Å². The van der Waals surface area contributed by atoms with Crippen molar-refractivity contribution in [2.24, 2.45) is 0 Å². The van der Waals surface area contributed by atoms with Crippen molar-refractivity contribution in [1.29, 1.82) is 0 Å². The van der Waals surface area contributed by atoms with E-state index in [-0.39, 0.29) is 0 Å². The molecule has 1 aromatic rings. The molecule has 0 aliphatic carbocycles. The summed E-state index contributed by atoms with van der Waals surface area (Å²) in [5.74, 6) is 5.89. The van der Waals surface area contributed by atoms with Crippen LogP contribution in [0.15, 0.2) is 24.3 Å². The van der Waals surface area contributed by atoms with Crippen LogP contribution in [-0.2, 0) is 0 Å². The Morgan fingerprint density at radius 2 is 1.88 bits per heavy atom. The fourth-order valence-corrected chi connectivity index (χ4v) is 1.36. The maximum atomic E-state index is 3.01. The molecular formula is C16H22. The average molecular weight is 214 g/mol. The molecule has 0 saturated heterocycles. The molecule has 0 atom stereocenters. The van der Waals surface area contributed by atoms with Gasteiger partial charge in [-0.15, -0.1) is 5.92 Å². The van der Waals surface area contributed by atoms with Crippen molar-refractivity contribution in [3.63, 3.8) is 0 Å². The van der Waals surface area contributed by atoms with Crippen molar-refractivity contribution in [3.8, 4) is 11.8 Å². The number of rotatable bonds is 2. The van der Waals surface area contributed by atoms with Gasteiger partial charge in [-0.3, -0.25) is 0 Å². The first-order valence-corrected chi connectivity index (χ1v) is 5.87. The van der Waals surface area contributed by atoms with Gasteiger partial charge >= 0.3 is 0 Å². The van der Waals surface area contributed by atoms with E-state index in [1.54, 1.807) is 0 Å². The highest BCUT2D eigenvalue weighted by Gasteiger charge is 1.92. The summed E-state index contributed by atoms with van der Waals surface area (Å²) in [6.07, 6.45) is 5.08. The van der Waals surface area contributed by atoms with Crippen LogP contribution >= 0.6 is 0 Å². The highest BCUT2D eigenvalue weighted by Crippen LogP contribution is 2.12. The van der Waals surface area contributed by atoms with Crippen LogP contribution in [0.5, 0.6) is 0 Å². The van der Waals surface area contributed by atoms with E-state index in [1.807, 2.05) is 20.8 Å². The van der Waals surface area contributed by atoms with Crippen LogP contribution in [0, 0.1) is 25.7 Å². The van der Waals surface area contributed by atoms with E-state index < -0.39 is 0 Å². The quantitative estimate of drug-likeness (QED) is 0.623. The minimum atomic E-state index is 0.837. The summed E-state index contributed by atoms with van der Waals surface area (Å²) in [6.45, 7) is 10.1. The van der Waals surface area contributed by atoms with Gasteiger partial charge < -0.3 is 0 Å². The summed E-state index contributed by atoms with van der Waals surface area (Å²) >= 11 is 0. The van der Waals surface area contributed by atoms with Gasteiger partial charge in [0.15, 0.2) is 0 Å². The first-order chi connectivity index (χ1) is 7.74. The third-order valence-electron chi connectivity index (χ3n) is 2.12. The summed E-state index contributed by atoms with van der Waals surface area (Å²) in [5, 5.41) is 0. The summed E-state index contributed by atoms with van der Waals surface area (Å²) < 4.78 is 0. The Labute approximate surface area is 100 Å². The molecule has 0 N–H and O–H groups in total. The number of benzene rings is 1. The Morgan fingerprint density at radius 3 is 2.44 bits per heavy atom. The molecule has 0 radical (unpaired) electrons. The zero-order chi connectivity index (χ0) is 12.4. The number of aryl methyl sites for hydroxylation is 2. The molecule has 86 valence electrons. The Bertz CT molecular complexity index is 386. The molecule has 0 heterocycles. The lowest BCUT2D eigenvalue weighted by Gasteiger charge is -2.00. The van der Waals surface area contributed by atoms with E-state index in [1.165, 1.54) is 16.7 Å². The Hall–Kier alpha value is -1.48. The maximum Gasteiger partial charge on any atom is 0.0272 e. The largest absolute Gasteiger partial charge is 0.106 e. The molecular weight excluding hydrogens is 192 g/mol. The molecule has 1 rings (SSSR count). The summed E-state index contributed by atoms with van der Waals surface area (Å²) in [4.78, 5) is 0. The van der Waals surface area contributed by atoms with E-state index in [2.05, 4.69) is 56.0 Å². The van der Waals surface area contributed by atoms with Gasteiger partial charge in [0.2, 0.25) is 0 Å². The van der Waals surface area contributed by atoms with E-state index in [0.717, 1.165) is 6.42 Å². The first-order valence-electron chi connectivity index (χ1n) is 5.87. The average Bonchev–Trinajstić information content (AvgIpc) is 2.29. The Balaban J connectivity index is 0.00000106. The van der Waals surface area contributed by atoms with Gasteiger partial charge in [-0.05, 0) is 31.9 Å². The predicted octanol–water partition coefficient (Wildman–Crippen LogP) is 4.76. The second kappa shape index (κ2) is 8.80. The summed E-state index contributed by atoms with van der Waals surface area (Å²) in [7, 11) is 0. The minimum Gasteiger partial charge on any atom is -0.106 e. The molecule has 0 heteroatoms. The van der Waals surface area contributed by atoms with Crippen LogP contribution in [0.1, 0.15) is 43.9 Å². The third-order valence-corrected chi connectivity index (χ3v) is 2.12. The van der Waals surface area contributed by atoms with E-state index in [4.69, 9.17) is 0 Å². The zero-order valence-corrected chi connectivity index (χ0v) is 11.1. The molecule has 0 saturated carbocycles. The number of hydrogen-bond acceptors (Lipinski definition) is 0. The normalized spacial score (nSPS) is 9.06. The molecule has 0 bridgehead atoms. The van der Waals surface area contributed by atoms with Crippen molar-refractivity contribution in [1.82, 2.24) is 0 Å². The Kier molecular flexibility index (Phi) is 7.98. The fraction of sp³-hybridized carbons (Fsp3) is 0.375. The van der Waals surface area contributed by atoms with E-state index >= 15 is 0 Å². The maximum absolute atomic E-state index is 3.01. The van der Waals surface area contributed by atoms with Gasteiger partial charge in [0, 0.05) is 6.42 Å². The predicted molar refractivity (Wildman–Crippen MR) is 74.4 cm³/mol. The molecule has 0 nitrogen and oxygen atoms in total. The smallest absolute Gasteiger partial charge is 0.0272 e. The molecule has 0 fully saturated rings. The Morgan fingerprint density at radius 1 is 1.19 bits per heavy atom. The zero-order valence-electron chi connectivity index (χ0n) is 11.1. The van der Waals surface area contributed by atoms with Crippen LogP contribution < -0.4 is 0 Å². The molecule has 0 aliphatic heterocycles. The monoisotopic (exact) mass is 214 g/mol. The van der Waals surface area contributed by atoms with Crippen molar-refractivity contribution in [2.45, 2.75) is 41.0 Å².